The lowest BCUT2D eigenvalue weighted by molar-refractivity contribution is -0.116. The van der Waals surface area contributed by atoms with Crippen LogP contribution in [0.3, 0.4) is 0 Å². The number of benzene rings is 3. The number of nitrogens with zero attached hydrogens (tertiary/aromatic N) is 2. The number of hydrogen-bond donors (Lipinski definition) is 2. The number of carbonyl (C=O) groups excluding carboxylic acids is 1. The Balaban J connectivity index is 0.000000296. The molecule has 8 nitrogen and oxygen atoms in total. The summed E-state index contributed by atoms with van der Waals surface area (Å²) < 4.78 is 35.8. The fourth-order valence-corrected chi connectivity index (χ4v) is 6.00. The van der Waals surface area contributed by atoms with Crippen LogP contribution in [0.2, 0.25) is 10.0 Å². The first-order valence-electron chi connectivity index (χ1n) is 13.6. The number of anilines is 2. The number of nitrogens with one attached hydrogen (secondary N) is 1. The molecule has 3 aromatic rings. The number of aryl methyl sites for hydroxylation is 2. The molecule has 0 aliphatic carbocycles. The number of unbranched alkanes of at least 4 members (excludes halogenated alkanes) is 1. The first kappa shape index (κ1) is 31.1. The van der Waals surface area contributed by atoms with Crippen LogP contribution in [0.1, 0.15) is 30.4 Å². The summed E-state index contributed by atoms with van der Waals surface area (Å²) in [5.74, 6) is 0.903. The van der Waals surface area contributed by atoms with Gasteiger partial charge in [0, 0.05) is 44.4 Å². The molecule has 41 heavy (non-hydrogen) atoms. The monoisotopic (exact) mass is 619 g/mol. The number of piperazine rings is 1. The van der Waals surface area contributed by atoms with Gasteiger partial charge >= 0.3 is 0 Å². The maximum atomic E-state index is 11.5. The first-order valence-corrected chi connectivity index (χ1v) is 15.8. The van der Waals surface area contributed by atoms with Crippen molar-refractivity contribution < 1.29 is 22.5 Å². The van der Waals surface area contributed by atoms with Crippen molar-refractivity contribution in [1.82, 2.24) is 4.90 Å². The number of amides is 1. The molecule has 0 saturated carbocycles. The minimum absolute atomic E-state index is 0.0278. The third kappa shape index (κ3) is 8.83. The minimum atomic E-state index is -4.03. The summed E-state index contributed by atoms with van der Waals surface area (Å²) in [6.07, 6.45) is 3.47. The number of hydrogen-bond acceptors (Lipinski definition) is 6. The van der Waals surface area contributed by atoms with Gasteiger partial charge in [-0.25, -0.2) is 0 Å². The number of carbonyl (C=O) groups is 1. The van der Waals surface area contributed by atoms with Crippen LogP contribution in [0.5, 0.6) is 5.75 Å². The van der Waals surface area contributed by atoms with Gasteiger partial charge in [-0.1, -0.05) is 53.5 Å². The second-order valence-electron chi connectivity index (χ2n) is 10.1. The molecule has 2 aliphatic heterocycles. The van der Waals surface area contributed by atoms with Crippen molar-refractivity contribution in [2.24, 2.45) is 0 Å². The molecule has 5 rings (SSSR count). The summed E-state index contributed by atoms with van der Waals surface area (Å²) in [4.78, 5) is 16.3. The van der Waals surface area contributed by atoms with Crippen LogP contribution >= 0.6 is 23.2 Å². The fraction of sp³-hybridized carbons (Fsp3) is 0.367. The van der Waals surface area contributed by atoms with E-state index in [2.05, 4.69) is 21.2 Å². The molecule has 0 aromatic heterocycles. The Hall–Kier alpha value is -2.82. The Labute approximate surface area is 251 Å². The van der Waals surface area contributed by atoms with E-state index in [4.69, 9.17) is 32.5 Å². The quantitative estimate of drug-likeness (QED) is 0.232. The van der Waals surface area contributed by atoms with Gasteiger partial charge in [0.1, 0.15) is 5.75 Å². The predicted molar refractivity (Wildman–Crippen MR) is 164 cm³/mol. The third-order valence-electron chi connectivity index (χ3n) is 7.13. The Morgan fingerprint density at radius 1 is 0.951 bits per heavy atom. The van der Waals surface area contributed by atoms with E-state index < -0.39 is 10.1 Å². The topological polar surface area (TPSA) is 99.2 Å². The van der Waals surface area contributed by atoms with Crippen LogP contribution in [0.4, 0.5) is 11.4 Å². The molecule has 0 spiro atoms. The molecule has 2 N–H and O–H groups in total. The van der Waals surface area contributed by atoms with Crippen molar-refractivity contribution in [3.05, 3.63) is 81.8 Å². The maximum absolute atomic E-state index is 11.5. The second kappa shape index (κ2) is 14.4. The van der Waals surface area contributed by atoms with Gasteiger partial charge < -0.3 is 15.0 Å². The molecule has 0 bridgehead atoms. The van der Waals surface area contributed by atoms with E-state index >= 15 is 0 Å². The zero-order valence-corrected chi connectivity index (χ0v) is 25.3. The van der Waals surface area contributed by atoms with E-state index in [-0.39, 0.29) is 10.8 Å². The van der Waals surface area contributed by atoms with E-state index in [1.807, 2.05) is 30.3 Å². The molecule has 1 saturated heterocycles. The third-order valence-corrected chi connectivity index (χ3v) is 8.95. The molecule has 220 valence electrons. The summed E-state index contributed by atoms with van der Waals surface area (Å²) >= 11 is 12.5. The Morgan fingerprint density at radius 3 is 2.41 bits per heavy atom. The summed E-state index contributed by atoms with van der Waals surface area (Å²) in [6, 6.07) is 18.1. The highest BCUT2D eigenvalue weighted by Crippen LogP contribution is 2.33. The van der Waals surface area contributed by atoms with E-state index in [0.717, 1.165) is 69.1 Å². The maximum Gasteiger partial charge on any atom is 0.294 e. The zero-order chi connectivity index (χ0) is 29.4. The van der Waals surface area contributed by atoms with Gasteiger partial charge in [-0.2, -0.15) is 8.42 Å². The first-order chi connectivity index (χ1) is 19.6. The highest BCUT2D eigenvalue weighted by atomic mass is 35.5. The van der Waals surface area contributed by atoms with Gasteiger partial charge in [0.15, 0.2) is 0 Å². The van der Waals surface area contributed by atoms with Crippen LogP contribution in [-0.4, -0.2) is 63.1 Å². The van der Waals surface area contributed by atoms with Crippen LogP contribution in [0, 0.1) is 6.92 Å². The summed E-state index contributed by atoms with van der Waals surface area (Å²) in [5.41, 5.74) is 3.65. The smallest absolute Gasteiger partial charge is 0.294 e. The normalized spacial score (nSPS) is 15.4. The standard InChI is InChI=1S/C23H27Cl2N3O2.C7H8O3S/c24-19-4-3-5-21(23(19)25)28-13-11-27(12-14-28)10-1-2-15-30-18-8-6-17-7-9-22(29)26-20(17)16-18;1-6-4-2-3-5-7(6)11(8,9)10/h3-6,8,16H,1-2,7,9-15H2,(H,26,29);2-5H,1H3,(H,8,9,10). The Kier molecular flexibility index (Phi) is 10.9. The van der Waals surface area contributed by atoms with Crippen LogP contribution in [-0.2, 0) is 21.3 Å². The number of fused-ring (bicyclic) bond motifs is 1. The molecule has 11 heteroatoms. The molecule has 2 heterocycles. The zero-order valence-electron chi connectivity index (χ0n) is 23.0. The summed E-state index contributed by atoms with van der Waals surface area (Å²) in [7, 11) is -4.03. The molecule has 3 aromatic carbocycles. The van der Waals surface area contributed by atoms with Gasteiger partial charge in [0.05, 0.1) is 27.2 Å². The molecule has 0 unspecified atom stereocenters. The van der Waals surface area contributed by atoms with E-state index in [0.29, 0.717) is 28.6 Å². The number of ether oxygens (including phenoxy) is 1. The SMILES string of the molecule is Cc1ccccc1S(=O)(=O)O.O=C1CCc2ccc(OCCCCN3CCN(c4cccc(Cl)c4Cl)CC3)cc2N1. The highest BCUT2D eigenvalue weighted by molar-refractivity contribution is 7.85. The van der Waals surface area contributed by atoms with Crippen molar-refractivity contribution >= 4 is 50.6 Å². The van der Waals surface area contributed by atoms with Gasteiger partial charge in [0.25, 0.3) is 10.1 Å². The van der Waals surface area contributed by atoms with Crippen LogP contribution < -0.4 is 15.0 Å². The van der Waals surface area contributed by atoms with Gasteiger partial charge in [-0.15, -0.1) is 0 Å². The van der Waals surface area contributed by atoms with Crippen molar-refractivity contribution in [2.45, 2.75) is 37.5 Å². The molecule has 0 radical (unpaired) electrons. The Morgan fingerprint density at radius 2 is 1.71 bits per heavy atom. The average molecular weight is 621 g/mol. The fourth-order valence-electron chi connectivity index (χ4n) is 4.86. The van der Waals surface area contributed by atoms with Crippen LogP contribution in [0.25, 0.3) is 0 Å². The van der Waals surface area contributed by atoms with Crippen molar-refractivity contribution in [3.63, 3.8) is 0 Å². The number of rotatable bonds is 8. The predicted octanol–water partition coefficient (Wildman–Crippen LogP) is 6.10. The summed E-state index contributed by atoms with van der Waals surface area (Å²) in [6.45, 7) is 7.34. The highest BCUT2D eigenvalue weighted by Gasteiger charge is 2.19. The minimum Gasteiger partial charge on any atom is -0.494 e. The van der Waals surface area contributed by atoms with Crippen molar-refractivity contribution in [3.8, 4) is 5.75 Å². The lowest BCUT2D eigenvalue weighted by Crippen LogP contribution is -2.46. The Bertz CT molecular complexity index is 1460. The van der Waals surface area contributed by atoms with Crippen molar-refractivity contribution in [1.29, 1.82) is 0 Å². The van der Waals surface area contributed by atoms with E-state index in [9.17, 15) is 13.2 Å². The second-order valence-corrected chi connectivity index (χ2v) is 12.2. The van der Waals surface area contributed by atoms with Gasteiger partial charge in [-0.05, 0) is 68.1 Å². The molecule has 1 amide bonds. The molecule has 0 atom stereocenters. The van der Waals surface area contributed by atoms with Crippen LogP contribution in [0.15, 0.2) is 65.6 Å². The molecule has 1 fully saturated rings. The number of halogens is 2. The molecular weight excluding hydrogens is 585 g/mol. The molecule has 2 aliphatic rings. The summed E-state index contributed by atoms with van der Waals surface area (Å²) in [5, 5.41) is 4.18. The van der Waals surface area contributed by atoms with E-state index in [1.165, 1.54) is 11.6 Å². The largest absolute Gasteiger partial charge is 0.494 e. The van der Waals surface area contributed by atoms with Crippen molar-refractivity contribution in [2.75, 3.05) is 49.5 Å². The van der Waals surface area contributed by atoms with E-state index in [1.54, 1.807) is 25.1 Å². The lowest BCUT2D eigenvalue weighted by atomic mass is 10.0. The average Bonchev–Trinajstić information content (AvgIpc) is 2.94. The molecular formula is C30H35Cl2N3O5S. The van der Waals surface area contributed by atoms with Gasteiger partial charge in [-0.3, -0.25) is 14.2 Å². The lowest BCUT2D eigenvalue weighted by Gasteiger charge is -2.36. The van der Waals surface area contributed by atoms with Gasteiger partial charge in [0.2, 0.25) is 5.91 Å².